The van der Waals surface area contributed by atoms with Crippen molar-refractivity contribution in [2.45, 2.75) is 19.8 Å². The van der Waals surface area contributed by atoms with Gasteiger partial charge in [0, 0.05) is 26.2 Å². The van der Waals surface area contributed by atoms with Gasteiger partial charge in [-0.2, -0.15) is 8.42 Å². The first-order valence-corrected chi connectivity index (χ1v) is 7.52. The number of piperazine rings is 1. The standard InChI is InChI=1S/C10H22N2O3S/c1-2-4-11-6-8-12(9-7-11)5-3-10-16(13,14)15/h2-10H2,1H3,(H,13,14,15). The molecular weight excluding hydrogens is 228 g/mol. The molecule has 0 radical (unpaired) electrons. The molecule has 96 valence electrons. The van der Waals surface area contributed by atoms with Gasteiger partial charge in [0.15, 0.2) is 0 Å². The molecule has 1 rings (SSSR count). The second-order valence-electron chi connectivity index (χ2n) is 4.32. The van der Waals surface area contributed by atoms with Crippen LogP contribution in [0.2, 0.25) is 0 Å². The molecule has 1 aliphatic rings. The monoisotopic (exact) mass is 250 g/mol. The minimum absolute atomic E-state index is 0.123. The summed E-state index contributed by atoms with van der Waals surface area (Å²) in [5.41, 5.74) is 0. The molecule has 0 bridgehead atoms. The molecule has 6 heteroatoms. The summed E-state index contributed by atoms with van der Waals surface area (Å²) in [5.74, 6) is -0.123. The molecule has 1 aliphatic heterocycles. The van der Waals surface area contributed by atoms with Gasteiger partial charge in [0.2, 0.25) is 0 Å². The molecule has 0 spiro atoms. The van der Waals surface area contributed by atoms with Gasteiger partial charge in [-0.25, -0.2) is 0 Å². The lowest BCUT2D eigenvalue weighted by Gasteiger charge is -2.34. The smallest absolute Gasteiger partial charge is 0.264 e. The van der Waals surface area contributed by atoms with E-state index in [9.17, 15) is 8.42 Å². The van der Waals surface area contributed by atoms with E-state index in [1.165, 1.54) is 6.42 Å². The first-order chi connectivity index (χ1) is 7.51. The van der Waals surface area contributed by atoms with Crippen LogP contribution in [0.15, 0.2) is 0 Å². The van der Waals surface area contributed by atoms with E-state index in [-0.39, 0.29) is 5.75 Å². The van der Waals surface area contributed by atoms with Crippen molar-refractivity contribution in [2.24, 2.45) is 0 Å². The van der Waals surface area contributed by atoms with Crippen LogP contribution in [0.3, 0.4) is 0 Å². The lowest BCUT2D eigenvalue weighted by Crippen LogP contribution is -2.46. The first-order valence-electron chi connectivity index (χ1n) is 5.91. The highest BCUT2D eigenvalue weighted by Gasteiger charge is 2.16. The van der Waals surface area contributed by atoms with Crippen LogP contribution in [0.5, 0.6) is 0 Å². The predicted octanol–water partition coefficient (Wildman–Crippen LogP) is 0.292. The van der Waals surface area contributed by atoms with Gasteiger partial charge in [0.1, 0.15) is 0 Å². The van der Waals surface area contributed by atoms with Gasteiger partial charge in [-0.3, -0.25) is 4.55 Å². The quantitative estimate of drug-likeness (QED) is 0.687. The fourth-order valence-corrected chi connectivity index (χ4v) is 2.52. The Balaban J connectivity index is 2.13. The van der Waals surface area contributed by atoms with Crippen molar-refractivity contribution in [1.82, 2.24) is 9.80 Å². The molecule has 0 aromatic carbocycles. The summed E-state index contributed by atoms with van der Waals surface area (Å²) in [4.78, 5) is 4.69. The van der Waals surface area contributed by atoms with Crippen LogP contribution in [0.4, 0.5) is 0 Å². The molecule has 16 heavy (non-hydrogen) atoms. The zero-order valence-electron chi connectivity index (χ0n) is 9.93. The van der Waals surface area contributed by atoms with E-state index in [1.54, 1.807) is 0 Å². The van der Waals surface area contributed by atoms with Gasteiger partial charge in [-0.05, 0) is 25.9 Å². The molecule has 5 nitrogen and oxygen atoms in total. The second-order valence-corrected chi connectivity index (χ2v) is 5.89. The first kappa shape index (κ1) is 13.9. The molecule has 0 amide bonds. The van der Waals surface area contributed by atoms with E-state index >= 15 is 0 Å². The second kappa shape index (κ2) is 6.54. The van der Waals surface area contributed by atoms with Gasteiger partial charge in [0.25, 0.3) is 10.1 Å². The van der Waals surface area contributed by atoms with E-state index in [0.717, 1.165) is 39.3 Å². The normalized spacial score (nSPS) is 20.1. The topological polar surface area (TPSA) is 60.9 Å². The van der Waals surface area contributed by atoms with Gasteiger partial charge in [0.05, 0.1) is 5.75 Å². The van der Waals surface area contributed by atoms with Crippen molar-refractivity contribution in [3.63, 3.8) is 0 Å². The molecular formula is C10H22N2O3S. The zero-order valence-corrected chi connectivity index (χ0v) is 10.7. The average molecular weight is 250 g/mol. The summed E-state index contributed by atoms with van der Waals surface area (Å²) in [6.45, 7) is 8.24. The van der Waals surface area contributed by atoms with E-state index in [4.69, 9.17) is 4.55 Å². The summed E-state index contributed by atoms with van der Waals surface area (Å²) in [7, 11) is -3.78. The Bertz CT molecular complexity index is 284. The minimum atomic E-state index is -3.78. The summed E-state index contributed by atoms with van der Waals surface area (Å²) in [5, 5.41) is 0. The maximum absolute atomic E-state index is 10.5. The molecule has 0 aliphatic carbocycles. The Morgan fingerprint density at radius 1 is 1.06 bits per heavy atom. The molecule has 0 unspecified atom stereocenters. The lowest BCUT2D eigenvalue weighted by atomic mass is 10.3. The number of hydrogen-bond acceptors (Lipinski definition) is 4. The van der Waals surface area contributed by atoms with Crippen molar-refractivity contribution >= 4 is 10.1 Å². The molecule has 0 atom stereocenters. The average Bonchev–Trinajstić information content (AvgIpc) is 2.19. The van der Waals surface area contributed by atoms with Crippen molar-refractivity contribution < 1.29 is 13.0 Å². The highest BCUT2D eigenvalue weighted by Crippen LogP contribution is 2.03. The van der Waals surface area contributed by atoms with Gasteiger partial charge < -0.3 is 9.80 Å². The van der Waals surface area contributed by atoms with E-state index in [0.29, 0.717) is 6.42 Å². The fourth-order valence-electron chi connectivity index (χ4n) is 2.02. The summed E-state index contributed by atoms with van der Waals surface area (Å²) in [6.07, 6.45) is 1.70. The summed E-state index contributed by atoms with van der Waals surface area (Å²) in [6, 6.07) is 0. The SMILES string of the molecule is CCCN1CCN(CCCS(=O)(=O)O)CC1. The van der Waals surface area contributed by atoms with Crippen molar-refractivity contribution in [2.75, 3.05) is 45.0 Å². The van der Waals surface area contributed by atoms with E-state index in [2.05, 4.69) is 16.7 Å². The van der Waals surface area contributed by atoms with Gasteiger partial charge in [-0.15, -0.1) is 0 Å². The predicted molar refractivity (Wildman–Crippen MR) is 64.2 cm³/mol. The van der Waals surface area contributed by atoms with Crippen LogP contribution < -0.4 is 0 Å². The van der Waals surface area contributed by atoms with Crippen LogP contribution in [0, 0.1) is 0 Å². The number of rotatable bonds is 6. The molecule has 1 heterocycles. The van der Waals surface area contributed by atoms with E-state index < -0.39 is 10.1 Å². The van der Waals surface area contributed by atoms with Crippen LogP contribution in [-0.2, 0) is 10.1 Å². The third-order valence-corrected chi connectivity index (χ3v) is 3.69. The van der Waals surface area contributed by atoms with E-state index in [1.807, 2.05) is 0 Å². The Hall–Kier alpha value is -0.170. The molecule has 1 saturated heterocycles. The fraction of sp³-hybridized carbons (Fsp3) is 1.00. The van der Waals surface area contributed by atoms with Gasteiger partial charge >= 0.3 is 0 Å². The maximum atomic E-state index is 10.5. The third-order valence-electron chi connectivity index (χ3n) is 2.88. The van der Waals surface area contributed by atoms with Crippen molar-refractivity contribution in [3.8, 4) is 0 Å². The Kier molecular flexibility index (Phi) is 5.68. The van der Waals surface area contributed by atoms with Crippen LogP contribution in [0.25, 0.3) is 0 Å². The summed E-state index contributed by atoms with van der Waals surface area (Å²) < 4.78 is 29.7. The van der Waals surface area contributed by atoms with Crippen LogP contribution in [0.1, 0.15) is 19.8 Å². The Morgan fingerprint density at radius 2 is 1.56 bits per heavy atom. The Morgan fingerprint density at radius 3 is 2.00 bits per heavy atom. The zero-order chi connectivity index (χ0) is 12.0. The van der Waals surface area contributed by atoms with Crippen molar-refractivity contribution in [1.29, 1.82) is 0 Å². The third kappa shape index (κ3) is 5.79. The molecule has 0 aromatic heterocycles. The van der Waals surface area contributed by atoms with Gasteiger partial charge in [-0.1, -0.05) is 6.92 Å². The highest BCUT2D eigenvalue weighted by molar-refractivity contribution is 7.85. The van der Waals surface area contributed by atoms with Crippen LogP contribution >= 0.6 is 0 Å². The van der Waals surface area contributed by atoms with Crippen LogP contribution in [-0.4, -0.2) is 67.8 Å². The highest BCUT2D eigenvalue weighted by atomic mass is 32.2. The largest absolute Gasteiger partial charge is 0.301 e. The number of nitrogens with zero attached hydrogens (tertiary/aromatic N) is 2. The van der Waals surface area contributed by atoms with Crippen molar-refractivity contribution in [3.05, 3.63) is 0 Å². The molecule has 0 aromatic rings. The maximum Gasteiger partial charge on any atom is 0.264 e. The summed E-state index contributed by atoms with van der Waals surface area (Å²) >= 11 is 0. The lowest BCUT2D eigenvalue weighted by molar-refractivity contribution is 0.133. The molecule has 1 N–H and O–H groups in total. The Labute approximate surface area is 98.2 Å². The molecule has 0 saturated carbocycles. The molecule has 1 fully saturated rings. The minimum Gasteiger partial charge on any atom is -0.301 e. The number of hydrogen-bond donors (Lipinski definition) is 1.